The number of hydrogen-bond donors (Lipinski definition) is 0. The highest BCUT2D eigenvalue weighted by atomic mass is 15.2. The number of aryl methyl sites for hydroxylation is 1. The van der Waals surface area contributed by atoms with E-state index in [2.05, 4.69) is 28.8 Å². The molecule has 2 heterocycles. The van der Waals surface area contributed by atoms with Gasteiger partial charge in [0.15, 0.2) is 0 Å². The van der Waals surface area contributed by atoms with Crippen LogP contribution in [0.2, 0.25) is 0 Å². The topological polar surface area (TPSA) is 21.1 Å². The zero-order chi connectivity index (χ0) is 13.9. The fourth-order valence-corrected chi connectivity index (χ4v) is 3.65. The molecule has 0 amide bonds. The number of rotatable bonds is 2. The monoisotopic (exact) mass is 271 g/mol. The van der Waals surface area contributed by atoms with E-state index < -0.39 is 0 Å². The van der Waals surface area contributed by atoms with E-state index in [-0.39, 0.29) is 0 Å². The third-order valence-electron chi connectivity index (χ3n) is 4.76. The Morgan fingerprint density at radius 3 is 2.70 bits per heavy atom. The highest BCUT2D eigenvalue weighted by molar-refractivity contribution is 5.31. The molecule has 2 aliphatic rings. The number of nitrogens with zero attached hydrogens (tertiary/aromatic N) is 3. The minimum Gasteiger partial charge on any atom is -0.289 e. The molecule has 1 aliphatic heterocycles. The van der Waals surface area contributed by atoms with Crippen molar-refractivity contribution in [2.24, 2.45) is 18.9 Å². The van der Waals surface area contributed by atoms with Crippen LogP contribution >= 0.6 is 0 Å². The normalized spacial score (nSPS) is 25.6. The van der Waals surface area contributed by atoms with Crippen LogP contribution < -0.4 is 0 Å². The van der Waals surface area contributed by atoms with E-state index in [0.29, 0.717) is 6.04 Å². The summed E-state index contributed by atoms with van der Waals surface area (Å²) in [6, 6.07) is 0.461. The Labute approximate surface area is 122 Å². The molecule has 2 unspecified atom stereocenters. The zero-order valence-electron chi connectivity index (χ0n) is 12.7. The van der Waals surface area contributed by atoms with Crippen molar-refractivity contribution in [1.29, 1.82) is 0 Å². The Hall–Kier alpha value is -1.27. The molecule has 1 aliphatic carbocycles. The molecule has 1 aromatic heterocycles. The average molecular weight is 271 g/mol. The van der Waals surface area contributed by atoms with Gasteiger partial charge in [-0.1, -0.05) is 31.6 Å². The van der Waals surface area contributed by atoms with Crippen LogP contribution in [0, 0.1) is 23.7 Å². The molecule has 3 rings (SSSR count). The average Bonchev–Trinajstić information content (AvgIpc) is 3.13. The molecule has 0 spiro atoms. The Morgan fingerprint density at radius 1 is 1.30 bits per heavy atom. The molecule has 1 saturated heterocycles. The highest BCUT2D eigenvalue weighted by Gasteiger charge is 2.32. The minimum atomic E-state index is 0.461. The van der Waals surface area contributed by atoms with Crippen molar-refractivity contribution >= 4 is 0 Å². The van der Waals surface area contributed by atoms with Crippen LogP contribution in [0.1, 0.15) is 44.6 Å². The van der Waals surface area contributed by atoms with Gasteiger partial charge in [-0.3, -0.25) is 9.58 Å². The summed E-state index contributed by atoms with van der Waals surface area (Å²) in [6.07, 6.45) is 10.7. The Balaban J connectivity index is 1.76. The maximum Gasteiger partial charge on any atom is 0.0746 e. The second kappa shape index (κ2) is 6.01. The van der Waals surface area contributed by atoms with Crippen molar-refractivity contribution in [3.05, 3.63) is 18.0 Å². The maximum atomic E-state index is 4.20. The van der Waals surface area contributed by atoms with Crippen molar-refractivity contribution in [2.75, 3.05) is 13.1 Å². The van der Waals surface area contributed by atoms with Gasteiger partial charge in [-0.25, -0.2) is 0 Å². The molecule has 0 bridgehead atoms. The van der Waals surface area contributed by atoms with Gasteiger partial charge >= 0.3 is 0 Å². The summed E-state index contributed by atoms with van der Waals surface area (Å²) < 4.78 is 1.83. The van der Waals surface area contributed by atoms with Crippen LogP contribution in [-0.2, 0) is 7.05 Å². The molecule has 108 valence electrons. The molecule has 3 nitrogen and oxygen atoms in total. The molecule has 20 heavy (non-hydrogen) atoms. The Morgan fingerprint density at radius 2 is 2.10 bits per heavy atom. The second-order valence-corrected chi connectivity index (χ2v) is 6.55. The van der Waals surface area contributed by atoms with Crippen molar-refractivity contribution in [3.63, 3.8) is 0 Å². The summed E-state index contributed by atoms with van der Waals surface area (Å²) >= 11 is 0. The minimum absolute atomic E-state index is 0.461. The lowest BCUT2D eigenvalue weighted by Crippen LogP contribution is -2.37. The van der Waals surface area contributed by atoms with E-state index in [1.807, 2.05) is 24.1 Å². The first-order valence-corrected chi connectivity index (χ1v) is 7.96. The van der Waals surface area contributed by atoms with Crippen LogP contribution in [-0.4, -0.2) is 33.8 Å². The molecule has 0 radical (unpaired) electrons. The molecule has 3 heteroatoms. The molecule has 0 N–H and O–H groups in total. The predicted octanol–water partition coefficient (Wildman–Crippen LogP) is 2.67. The largest absolute Gasteiger partial charge is 0.289 e. The van der Waals surface area contributed by atoms with Gasteiger partial charge in [0, 0.05) is 19.8 Å². The van der Waals surface area contributed by atoms with E-state index in [0.717, 1.165) is 17.4 Å². The summed E-state index contributed by atoms with van der Waals surface area (Å²) in [6.45, 7) is 4.81. The first-order chi connectivity index (χ1) is 9.72. The molecular weight excluding hydrogens is 246 g/mol. The molecular formula is C17H25N3. The van der Waals surface area contributed by atoms with Crippen molar-refractivity contribution in [1.82, 2.24) is 14.7 Å². The van der Waals surface area contributed by atoms with E-state index >= 15 is 0 Å². The van der Waals surface area contributed by atoms with Crippen molar-refractivity contribution < 1.29 is 0 Å². The van der Waals surface area contributed by atoms with Gasteiger partial charge in [0.25, 0.3) is 0 Å². The van der Waals surface area contributed by atoms with Crippen LogP contribution in [0.4, 0.5) is 0 Å². The molecule has 2 atom stereocenters. The lowest BCUT2D eigenvalue weighted by atomic mass is 9.97. The van der Waals surface area contributed by atoms with Gasteiger partial charge < -0.3 is 0 Å². The standard InChI is InChI=1S/C17H25N3/c1-14-9-10-20(12-14)17(16-5-3-4-6-16)8-7-15-11-18-19(2)13-15/h11,13-14,16-17H,3-6,9-10,12H2,1-2H3. The smallest absolute Gasteiger partial charge is 0.0746 e. The highest BCUT2D eigenvalue weighted by Crippen LogP contribution is 2.32. The first-order valence-electron chi connectivity index (χ1n) is 7.96. The summed E-state index contributed by atoms with van der Waals surface area (Å²) in [5.74, 6) is 8.55. The lowest BCUT2D eigenvalue weighted by Gasteiger charge is -2.28. The quantitative estimate of drug-likeness (QED) is 0.771. The molecule has 0 aromatic carbocycles. The van der Waals surface area contributed by atoms with Gasteiger partial charge in [0.05, 0.1) is 17.8 Å². The van der Waals surface area contributed by atoms with Gasteiger partial charge in [-0.15, -0.1) is 0 Å². The SMILES string of the molecule is CC1CCN(C(C#Cc2cnn(C)c2)C2CCCC2)C1. The second-order valence-electron chi connectivity index (χ2n) is 6.55. The predicted molar refractivity (Wildman–Crippen MR) is 81.2 cm³/mol. The van der Waals surface area contributed by atoms with Crippen molar-refractivity contribution in [2.45, 2.75) is 45.1 Å². The summed E-state index contributed by atoms with van der Waals surface area (Å²) in [5.41, 5.74) is 1.04. The van der Waals surface area contributed by atoms with Crippen molar-refractivity contribution in [3.8, 4) is 11.8 Å². The fraction of sp³-hybridized carbons (Fsp3) is 0.706. The van der Waals surface area contributed by atoms with Crippen LogP contribution in [0.15, 0.2) is 12.4 Å². The lowest BCUT2D eigenvalue weighted by molar-refractivity contribution is 0.218. The maximum absolute atomic E-state index is 4.20. The number of aromatic nitrogens is 2. The number of likely N-dealkylation sites (tertiary alicyclic amines) is 1. The van der Waals surface area contributed by atoms with Gasteiger partial charge in [-0.2, -0.15) is 5.10 Å². The fourth-order valence-electron chi connectivity index (χ4n) is 3.65. The van der Waals surface area contributed by atoms with E-state index in [9.17, 15) is 0 Å². The summed E-state index contributed by atoms with van der Waals surface area (Å²) in [7, 11) is 1.95. The Bertz CT molecular complexity index is 502. The molecule has 2 fully saturated rings. The van der Waals surface area contributed by atoms with Crippen LogP contribution in [0.5, 0.6) is 0 Å². The van der Waals surface area contributed by atoms with E-state index in [1.165, 1.54) is 45.2 Å². The van der Waals surface area contributed by atoms with E-state index in [4.69, 9.17) is 0 Å². The third-order valence-corrected chi connectivity index (χ3v) is 4.76. The molecule has 1 aromatic rings. The van der Waals surface area contributed by atoms with Gasteiger partial charge in [0.1, 0.15) is 0 Å². The van der Waals surface area contributed by atoms with E-state index in [1.54, 1.807) is 0 Å². The van der Waals surface area contributed by atoms with Gasteiger partial charge in [-0.05, 0) is 37.6 Å². The molecule has 1 saturated carbocycles. The third kappa shape index (κ3) is 3.07. The zero-order valence-corrected chi connectivity index (χ0v) is 12.7. The Kier molecular flexibility index (Phi) is 4.12. The first kappa shape index (κ1) is 13.7. The number of hydrogen-bond acceptors (Lipinski definition) is 2. The van der Waals surface area contributed by atoms with Crippen LogP contribution in [0.3, 0.4) is 0 Å². The summed E-state index contributed by atoms with van der Waals surface area (Å²) in [4.78, 5) is 2.63. The van der Waals surface area contributed by atoms with Crippen LogP contribution in [0.25, 0.3) is 0 Å². The van der Waals surface area contributed by atoms with Gasteiger partial charge in [0.2, 0.25) is 0 Å². The summed E-state index contributed by atoms with van der Waals surface area (Å²) in [5, 5.41) is 4.20.